The van der Waals surface area contributed by atoms with E-state index in [2.05, 4.69) is 0 Å². The molecule has 0 aromatic heterocycles. The third kappa shape index (κ3) is 10.7. The van der Waals surface area contributed by atoms with Crippen LogP contribution < -0.4 is 15.2 Å². The van der Waals surface area contributed by atoms with Gasteiger partial charge in [-0.15, -0.1) is 0 Å². The molecule has 0 spiro atoms. The fraction of sp³-hybridized carbons (Fsp3) is 0.615. The van der Waals surface area contributed by atoms with Gasteiger partial charge in [-0.3, -0.25) is 9.59 Å². The van der Waals surface area contributed by atoms with Crippen LogP contribution in [0.3, 0.4) is 0 Å². The molecule has 0 aliphatic heterocycles. The zero-order chi connectivity index (χ0) is 28.0. The molecule has 2 atom stereocenters. The average Bonchev–Trinajstić information content (AvgIpc) is 2.86. The topological polar surface area (TPSA) is 150 Å². The lowest BCUT2D eigenvalue weighted by molar-refractivity contribution is -0.153. The van der Waals surface area contributed by atoms with Crippen LogP contribution in [0, 0.1) is 11.8 Å². The minimum absolute atomic E-state index is 0.0213. The summed E-state index contributed by atoms with van der Waals surface area (Å²) >= 11 is 0. The van der Waals surface area contributed by atoms with Crippen molar-refractivity contribution in [3.8, 4) is 11.5 Å². The molecule has 2 N–H and O–H groups in total. The Morgan fingerprint density at radius 3 is 1.95 bits per heavy atom. The molecule has 1 aromatic rings. The van der Waals surface area contributed by atoms with E-state index in [9.17, 15) is 19.2 Å². The number of esters is 2. The van der Waals surface area contributed by atoms with Crippen LogP contribution >= 0.6 is 0 Å². The maximum atomic E-state index is 12.6. The molecule has 0 fully saturated rings. The number of hydrogen-bond acceptors (Lipinski definition) is 11. The van der Waals surface area contributed by atoms with Crippen molar-refractivity contribution in [1.82, 2.24) is 0 Å². The van der Waals surface area contributed by atoms with E-state index in [4.69, 9.17) is 34.2 Å². The van der Waals surface area contributed by atoms with E-state index in [1.165, 1.54) is 19.2 Å². The van der Waals surface area contributed by atoms with E-state index >= 15 is 0 Å². The van der Waals surface area contributed by atoms with Gasteiger partial charge in [-0.25, -0.2) is 9.59 Å². The van der Waals surface area contributed by atoms with Crippen LogP contribution in [-0.2, 0) is 35.0 Å². The highest BCUT2D eigenvalue weighted by Gasteiger charge is 2.36. The number of nitrogens with two attached hydrogens (primary N) is 1. The SMILES string of the molecule is CCCOC(=O)Oc1ccc(CC(N)(CCOC(=O)[C@@H](C)C(C)C)C(=O)OC)cc1OC(=O)OCCC. The monoisotopic (exact) mass is 525 g/mol. The van der Waals surface area contributed by atoms with Crippen LogP contribution in [-0.4, -0.2) is 56.7 Å². The Morgan fingerprint density at radius 2 is 1.43 bits per heavy atom. The third-order valence-electron chi connectivity index (χ3n) is 5.52. The Kier molecular flexibility index (Phi) is 13.4. The van der Waals surface area contributed by atoms with Crippen molar-refractivity contribution in [2.24, 2.45) is 17.6 Å². The lowest BCUT2D eigenvalue weighted by Gasteiger charge is -2.27. The van der Waals surface area contributed by atoms with Gasteiger partial charge in [0, 0.05) is 12.8 Å². The first-order valence-electron chi connectivity index (χ1n) is 12.3. The van der Waals surface area contributed by atoms with Crippen LogP contribution in [0.1, 0.15) is 59.4 Å². The molecule has 1 unspecified atom stereocenters. The van der Waals surface area contributed by atoms with E-state index in [0.29, 0.717) is 18.4 Å². The van der Waals surface area contributed by atoms with Gasteiger partial charge in [0.05, 0.1) is 32.8 Å². The van der Waals surface area contributed by atoms with Crippen molar-refractivity contribution >= 4 is 24.2 Å². The second-order valence-corrected chi connectivity index (χ2v) is 8.96. The Morgan fingerprint density at radius 1 is 0.865 bits per heavy atom. The van der Waals surface area contributed by atoms with Crippen LogP contribution in [0.15, 0.2) is 18.2 Å². The van der Waals surface area contributed by atoms with Gasteiger partial charge >= 0.3 is 24.2 Å². The minimum atomic E-state index is -1.56. The van der Waals surface area contributed by atoms with Gasteiger partial charge in [0.2, 0.25) is 0 Å². The van der Waals surface area contributed by atoms with Crippen molar-refractivity contribution in [3.63, 3.8) is 0 Å². The van der Waals surface area contributed by atoms with Crippen LogP contribution in [0.5, 0.6) is 11.5 Å². The fourth-order valence-corrected chi connectivity index (χ4v) is 3.00. The number of methoxy groups -OCH3 is 1. The molecule has 208 valence electrons. The van der Waals surface area contributed by atoms with E-state index in [1.807, 2.05) is 27.7 Å². The van der Waals surface area contributed by atoms with Crippen molar-refractivity contribution in [3.05, 3.63) is 23.8 Å². The smallest absolute Gasteiger partial charge is 0.468 e. The summed E-state index contributed by atoms with van der Waals surface area (Å²) in [7, 11) is 1.20. The number of carbonyl (C=O) groups is 4. The first-order chi connectivity index (χ1) is 17.5. The summed E-state index contributed by atoms with van der Waals surface area (Å²) < 4.78 is 30.5. The molecule has 0 radical (unpaired) electrons. The van der Waals surface area contributed by atoms with Gasteiger partial charge in [0.15, 0.2) is 11.5 Å². The largest absolute Gasteiger partial charge is 0.513 e. The summed E-state index contributed by atoms with van der Waals surface area (Å²) in [5.41, 5.74) is 5.30. The summed E-state index contributed by atoms with van der Waals surface area (Å²) in [6.07, 6.45) is -0.870. The minimum Gasteiger partial charge on any atom is -0.468 e. The summed E-state index contributed by atoms with van der Waals surface area (Å²) in [6, 6.07) is 4.32. The highest BCUT2D eigenvalue weighted by molar-refractivity contribution is 5.81. The summed E-state index contributed by atoms with van der Waals surface area (Å²) in [5, 5.41) is 0. The maximum Gasteiger partial charge on any atom is 0.513 e. The predicted molar refractivity (Wildman–Crippen MR) is 133 cm³/mol. The van der Waals surface area contributed by atoms with Crippen molar-refractivity contribution < 1.29 is 47.6 Å². The van der Waals surface area contributed by atoms with Gasteiger partial charge < -0.3 is 34.2 Å². The average molecular weight is 526 g/mol. The zero-order valence-electron chi connectivity index (χ0n) is 22.5. The van der Waals surface area contributed by atoms with Crippen LogP contribution in [0.25, 0.3) is 0 Å². The molecule has 0 heterocycles. The summed E-state index contributed by atoms with van der Waals surface area (Å²) in [5.74, 6) is -1.53. The number of carbonyl (C=O) groups excluding carboxylic acids is 4. The van der Waals surface area contributed by atoms with Crippen molar-refractivity contribution in [2.75, 3.05) is 26.9 Å². The van der Waals surface area contributed by atoms with Gasteiger partial charge in [-0.1, -0.05) is 40.7 Å². The summed E-state index contributed by atoms with van der Waals surface area (Å²) in [6.45, 7) is 9.41. The second-order valence-electron chi connectivity index (χ2n) is 8.96. The third-order valence-corrected chi connectivity index (χ3v) is 5.52. The number of rotatable bonds is 14. The van der Waals surface area contributed by atoms with E-state index in [1.54, 1.807) is 13.0 Å². The predicted octanol–water partition coefficient (Wildman–Crippen LogP) is 4.18. The molecule has 1 rings (SSSR count). The first-order valence-corrected chi connectivity index (χ1v) is 12.3. The van der Waals surface area contributed by atoms with Crippen LogP contribution in [0.4, 0.5) is 9.59 Å². The lowest BCUT2D eigenvalue weighted by Crippen LogP contribution is -2.51. The Bertz CT molecular complexity index is 917. The quantitative estimate of drug-likeness (QED) is 0.212. The maximum absolute atomic E-state index is 12.6. The Hall–Kier alpha value is -3.34. The Labute approximate surface area is 217 Å². The molecule has 37 heavy (non-hydrogen) atoms. The zero-order valence-corrected chi connectivity index (χ0v) is 22.5. The molecule has 0 aliphatic rings. The molecule has 0 bridgehead atoms. The molecule has 1 aromatic carbocycles. The molecule has 11 heteroatoms. The normalized spacial score (nSPS) is 13.2. The van der Waals surface area contributed by atoms with E-state index < -0.39 is 23.8 Å². The van der Waals surface area contributed by atoms with Gasteiger partial charge in [0.1, 0.15) is 5.54 Å². The fourth-order valence-electron chi connectivity index (χ4n) is 3.00. The highest BCUT2D eigenvalue weighted by atomic mass is 16.7. The number of benzene rings is 1. The molecular weight excluding hydrogens is 486 g/mol. The first kappa shape index (κ1) is 31.7. The van der Waals surface area contributed by atoms with E-state index in [-0.39, 0.29) is 62.0 Å². The molecule has 0 saturated carbocycles. The summed E-state index contributed by atoms with van der Waals surface area (Å²) in [4.78, 5) is 48.8. The number of ether oxygens (including phenoxy) is 6. The van der Waals surface area contributed by atoms with Crippen molar-refractivity contribution in [1.29, 1.82) is 0 Å². The highest BCUT2D eigenvalue weighted by Crippen LogP contribution is 2.31. The van der Waals surface area contributed by atoms with E-state index in [0.717, 1.165) is 0 Å². The molecule has 11 nitrogen and oxygen atoms in total. The lowest BCUT2D eigenvalue weighted by atomic mass is 9.88. The van der Waals surface area contributed by atoms with Crippen LogP contribution in [0.2, 0.25) is 0 Å². The van der Waals surface area contributed by atoms with Crippen molar-refractivity contribution in [2.45, 2.75) is 65.8 Å². The molecular formula is C26H39NO10. The van der Waals surface area contributed by atoms with Gasteiger partial charge in [-0.05, 0) is 36.5 Å². The second kappa shape index (κ2) is 15.7. The van der Waals surface area contributed by atoms with Gasteiger partial charge in [-0.2, -0.15) is 0 Å². The molecule has 0 aliphatic carbocycles. The van der Waals surface area contributed by atoms with Gasteiger partial charge in [0.25, 0.3) is 0 Å². The number of hydrogen-bond donors (Lipinski definition) is 1. The molecule has 0 saturated heterocycles. The Balaban J connectivity index is 3.13. The standard InChI is InChI=1S/C26H39NO10/c1-7-12-34-24(30)36-20-10-9-19(15-21(20)37-25(31)35-13-8-2)16-26(27,23(29)32-6)11-14-33-22(28)18(5)17(3)4/h9-10,15,17-18H,7-8,11-14,16,27H2,1-6H3/t18-,26?/m0/s1. The molecule has 0 amide bonds.